The lowest BCUT2D eigenvalue weighted by molar-refractivity contribution is -0.137. The third kappa shape index (κ3) is 5.60. The topological polar surface area (TPSA) is 50.4 Å². The lowest BCUT2D eigenvalue weighted by Gasteiger charge is -2.11. The van der Waals surface area contributed by atoms with Crippen molar-refractivity contribution in [3.63, 3.8) is 0 Å². The Morgan fingerprint density at radius 1 is 1.37 bits per heavy atom. The maximum absolute atomic E-state index is 12.4. The average molecular weight is 276 g/mol. The number of urea groups is 1. The molecule has 0 fully saturated rings. The summed E-state index contributed by atoms with van der Waals surface area (Å²) >= 11 is 0. The van der Waals surface area contributed by atoms with Crippen LogP contribution >= 0.6 is 0 Å². The lowest BCUT2D eigenvalue weighted by atomic mass is 10.2. The van der Waals surface area contributed by atoms with E-state index in [1.165, 1.54) is 12.1 Å². The molecule has 0 aliphatic carbocycles. The minimum absolute atomic E-state index is 0.0421. The molecule has 106 valence electrons. The van der Waals surface area contributed by atoms with Crippen LogP contribution in [0.4, 0.5) is 23.7 Å². The number of hydrogen-bond donors (Lipinski definition) is 2. The summed E-state index contributed by atoms with van der Waals surface area (Å²) in [5, 5.41) is 2.25. The first kappa shape index (κ1) is 15.3. The van der Waals surface area contributed by atoms with Crippen LogP contribution in [0.1, 0.15) is 19.4 Å². The Kier molecular flexibility index (Phi) is 5.17. The van der Waals surface area contributed by atoms with E-state index in [2.05, 4.69) is 10.8 Å². The van der Waals surface area contributed by atoms with E-state index in [0.717, 1.165) is 12.1 Å². The maximum Gasteiger partial charge on any atom is 0.416 e. The number of benzene rings is 1. The summed E-state index contributed by atoms with van der Waals surface area (Å²) in [7, 11) is 0. The van der Waals surface area contributed by atoms with Crippen LogP contribution in [0, 0.1) is 5.92 Å². The van der Waals surface area contributed by atoms with Gasteiger partial charge in [0.25, 0.3) is 0 Å². The number of hydroxylamine groups is 1. The first-order valence-corrected chi connectivity index (χ1v) is 5.65. The molecule has 0 saturated carbocycles. The fourth-order valence-corrected chi connectivity index (χ4v) is 1.20. The minimum Gasteiger partial charge on any atom is -0.306 e. The molecule has 0 radical (unpaired) electrons. The van der Waals surface area contributed by atoms with Gasteiger partial charge < -0.3 is 5.32 Å². The lowest BCUT2D eigenvalue weighted by Crippen LogP contribution is -2.30. The second kappa shape index (κ2) is 6.42. The smallest absolute Gasteiger partial charge is 0.306 e. The normalized spacial score (nSPS) is 11.5. The first-order valence-electron chi connectivity index (χ1n) is 5.65. The highest BCUT2D eigenvalue weighted by molar-refractivity contribution is 5.88. The van der Waals surface area contributed by atoms with E-state index >= 15 is 0 Å². The molecule has 1 aromatic rings. The van der Waals surface area contributed by atoms with E-state index in [1.807, 2.05) is 13.8 Å². The first-order chi connectivity index (χ1) is 8.79. The standard InChI is InChI=1S/C12H15F3N2O2/c1-8(2)7-19-17-11(18)16-10-5-3-4-9(6-10)12(13,14)15/h3-6,8H,7H2,1-2H3,(H2,16,17,18). The molecule has 7 heteroatoms. The third-order valence-electron chi connectivity index (χ3n) is 2.03. The molecule has 1 rings (SSSR count). The quantitative estimate of drug-likeness (QED) is 0.828. The average Bonchev–Trinajstić information content (AvgIpc) is 2.27. The minimum atomic E-state index is -4.44. The number of amides is 2. The summed E-state index contributed by atoms with van der Waals surface area (Å²) in [4.78, 5) is 16.2. The van der Waals surface area contributed by atoms with Gasteiger partial charge in [-0.25, -0.2) is 10.3 Å². The zero-order chi connectivity index (χ0) is 14.5. The van der Waals surface area contributed by atoms with Gasteiger partial charge in [-0.3, -0.25) is 4.84 Å². The number of hydrogen-bond acceptors (Lipinski definition) is 2. The molecule has 0 saturated heterocycles. The van der Waals surface area contributed by atoms with Gasteiger partial charge in [-0.2, -0.15) is 13.2 Å². The highest BCUT2D eigenvalue weighted by Gasteiger charge is 2.30. The van der Waals surface area contributed by atoms with E-state index in [9.17, 15) is 18.0 Å². The summed E-state index contributed by atoms with van der Waals surface area (Å²) < 4.78 is 37.3. The second-order valence-electron chi connectivity index (χ2n) is 4.34. The molecule has 0 heterocycles. The Hall–Kier alpha value is -1.76. The van der Waals surface area contributed by atoms with Crippen molar-refractivity contribution in [2.75, 3.05) is 11.9 Å². The Morgan fingerprint density at radius 3 is 2.63 bits per heavy atom. The number of nitrogens with one attached hydrogen (secondary N) is 2. The van der Waals surface area contributed by atoms with Gasteiger partial charge in [0.1, 0.15) is 0 Å². The number of halogens is 3. The molecule has 0 aliphatic rings. The molecule has 0 aromatic heterocycles. The summed E-state index contributed by atoms with van der Waals surface area (Å²) in [6, 6.07) is 3.63. The molecule has 2 N–H and O–H groups in total. The largest absolute Gasteiger partial charge is 0.416 e. The molecule has 19 heavy (non-hydrogen) atoms. The van der Waals surface area contributed by atoms with Crippen molar-refractivity contribution in [1.29, 1.82) is 0 Å². The SMILES string of the molecule is CC(C)CONC(=O)Nc1cccc(C(F)(F)F)c1. The van der Waals surface area contributed by atoms with Crippen molar-refractivity contribution in [2.24, 2.45) is 5.92 Å². The molecule has 1 aromatic carbocycles. The maximum atomic E-state index is 12.4. The van der Waals surface area contributed by atoms with E-state index in [1.54, 1.807) is 0 Å². The third-order valence-corrected chi connectivity index (χ3v) is 2.03. The van der Waals surface area contributed by atoms with Crippen molar-refractivity contribution in [3.05, 3.63) is 29.8 Å². The fraction of sp³-hybridized carbons (Fsp3) is 0.417. The van der Waals surface area contributed by atoms with Gasteiger partial charge in [0, 0.05) is 5.69 Å². The number of alkyl halides is 3. The van der Waals surface area contributed by atoms with Crippen LogP contribution in [0.25, 0.3) is 0 Å². The molecule has 0 bridgehead atoms. The van der Waals surface area contributed by atoms with Crippen molar-refractivity contribution >= 4 is 11.7 Å². The summed E-state index contributed by atoms with van der Waals surface area (Å²) in [6.07, 6.45) is -4.44. The van der Waals surface area contributed by atoms with Crippen LogP contribution in [-0.2, 0) is 11.0 Å². The van der Waals surface area contributed by atoms with Crippen LogP contribution in [0.5, 0.6) is 0 Å². The van der Waals surface area contributed by atoms with Crippen LogP contribution < -0.4 is 10.8 Å². The predicted molar refractivity (Wildman–Crippen MR) is 64.4 cm³/mol. The molecule has 0 atom stereocenters. The molecule has 0 unspecified atom stereocenters. The fourth-order valence-electron chi connectivity index (χ4n) is 1.20. The molecular weight excluding hydrogens is 261 g/mol. The molecule has 0 spiro atoms. The molecule has 4 nitrogen and oxygen atoms in total. The summed E-state index contributed by atoms with van der Waals surface area (Å²) in [5.41, 5.74) is 1.31. The Morgan fingerprint density at radius 2 is 2.05 bits per heavy atom. The van der Waals surface area contributed by atoms with Crippen LogP contribution in [-0.4, -0.2) is 12.6 Å². The Labute approximate surface area is 108 Å². The zero-order valence-electron chi connectivity index (χ0n) is 10.5. The van der Waals surface area contributed by atoms with E-state index in [-0.39, 0.29) is 11.6 Å². The van der Waals surface area contributed by atoms with Gasteiger partial charge in [-0.1, -0.05) is 19.9 Å². The second-order valence-corrected chi connectivity index (χ2v) is 4.34. The molecule has 2 amide bonds. The molecule has 0 aliphatic heterocycles. The van der Waals surface area contributed by atoms with Crippen LogP contribution in [0.3, 0.4) is 0 Å². The summed E-state index contributed by atoms with van der Waals surface area (Å²) in [5.74, 6) is 0.230. The van der Waals surface area contributed by atoms with Crippen LogP contribution in [0.15, 0.2) is 24.3 Å². The monoisotopic (exact) mass is 276 g/mol. The summed E-state index contributed by atoms with van der Waals surface area (Å²) in [6.45, 7) is 4.11. The highest BCUT2D eigenvalue weighted by atomic mass is 19.4. The number of carbonyl (C=O) groups is 1. The van der Waals surface area contributed by atoms with Gasteiger partial charge in [0.05, 0.1) is 12.2 Å². The predicted octanol–water partition coefficient (Wildman–Crippen LogP) is 3.41. The van der Waals surface area contributed by atoms with E-state index in [0.29, 0.717) is 6.61 Å². The van der Waals surface area contributed by atoms with Crippen molar-refractivity contribution in [2.45, 2.75) is 20.0 Å². The Bertz CT molecular complexity index is 433. The molecular formula is C12H15F3N2O2. The van der Waals surface area contributed by atoms with Gasteiger partial charge in [0.15, 0.2) is 0 Å². The van der Waals surface area contributed by atoms with Crippen LogP contribution in [0.2, 0.25) is 0 Å². The highest BCUT2D eigenvalue weighted by Crippen LogP contribution is 2.30. The van der Waals surface area contributed by atoms with Crippen molar-refractivity contribution in [3.8, 4) is 0 Å². The Balaban J connectivity index is 2.55. The van der Waals surface area contributed by atoms with Gasteiger partial charge in [0.2, 0.25) is 0 Å². The van der Waals surface area contributed by atoms with Crippen molar-refractivity contribution < 1.29 is 22.8 Å². The number of rotatable bonds is 4. The number of carbonyl (C=O) groups excluding carboxylic acids is 1. The van der Waals surface area contributed by atoms with Gasteiger partial charge >= 0.3 is 12.2 Å². The van der Waals surface area contributed by atoms with E-state index < -0.39 is 17.8 Å². The van der Waals surface area contributed by atoms with E-state index in [4.69, 9.17) is 4.84 Å². The number of anilines is 1. The van der Waals surface area contributed by atoms with Gasteiger partial charge in [-0.05, 0) is 24.1 Å². The zero-order valence-corrected chi connectivity index (χ0v) is 10.5. The van der Waals surface area contributed by atoms with Crippen molar-refractivity contribution in [1.82, 2.24) is 5.48 Å². The van der Waals surface area contributed by atoms with Gasteiger partial charge in [-0.15, -0.1) is 0 Å².